The number of rotatable bonds is 9. The second-order valence-corrected chi connectivity index (χ2v) is 6.03. The molecule has 1 aromatic rings. The number of hydrogen-bond donors (Lipinski definition) is 3. The first-order valence-electron chi connectivity index (χ1n) is 7.02. The Labute approximate surface area is 130 Å². The molecule has 0 heterocycles. The maximum absolute atomic E-state index is 11.9. The molecule has 0 unspecified atom stereocenters. The largest absolute Gasteiger partial charge is 0.369 e. The summed E-state index contributed by atoms with van der Waals surface area (Å²) in [5, 5.41) is 6.16. The van der Waals surface area contributed by atoms with Gasteiger partial charge in [-0.1, -0.05) is 26.0 Å². The zero-order chi connectivity index (χ0) is 15.7. The molecule has 0 bridgehead atoms. The number of para-hydroxylation sites is 1. The van der Waals surface area contributed by atoms with Crippen molar-refractivity contribution in [2.45, 2.75) is 37.6 Å². The predicted molar refractivity (Wildman–Crippen MR) is 87.4 cm³/mol. The highest BCUT2D eigenvalue weighted by molar-refractivity contribution is 8.00. The number of carbonyl (C=O) groups excluding carboxylic acids is 2. The molecule has 0 aliphatic carbocycles. The van der Waals surface area contributed by atoms with Crippen molar-refractivity contribution in [2.24, 2.45) is 5.73 Å². The Morgan fingerprint density at radius 3 is 2.67 bits per heavy atom. The Balaban J connectivity index is 2.46. The van der Waals surface area contributed by atoms with E-state index in [4.69, 9.17) is 5.73 Å². The number of thioether (sulfide) groups is 1. The quantitative estimate of drug-likeness (QED) is 0.481. The summed E-state index contributed by atoms with van der Waals surface area (Å²) in [6.45, 7) is 4.97. The van der Waals surface area contributed by atoms with Crippen molar-refractivity contribution in [1.82, 2.24) is 5.32 Å². The van der Waals surface area contributed by atoms with Crippen LogP contribution in [-0.2, 0) is 9.59 Å². The number of carbonyl (C=O) groups is 2. The molecule has 0 fully saturated rings. The third-order valence-corrected chi connectivity index (χ3v) is 3.76. The first-order valence-corrected chi connectivity index (χ1v) is 8.01. The smallest absolute Gasteiger partial charge is 0.227 e. The molecule has 6 heteroatoms. The van der Waals surface area contributed by atoms with Crippen LogP contribution >= 0.6 is 11.8 Å². The first kappa shape index (κ1) is 17.5. The highest BCUT2D eigenvalue weighted by Crippen LogP contribution is 2.26. The summed E-state index contributed by atoms with van der Waals surface area (Å²) < 4.78 is 0. The van der Waals surface area contributed by atoms with Gasteiger partial charge in [0.15, 0.2) is 0 Å². The van der Waals surface area contributed by atoms with E-state index in [0.29, 0.717) is 12.5 Å². The second-order valence-electron chi connectivity index (χ2n) is 5.01. The highest BCUT2D eigenvalue weighted by atomic mass is 32.2. The number of amides is 2. The molecule has 1 aromatic carbocycles. The third-order valence-electron chi connectivity index (χ3n) is 2.66. The minimum atomic E-state index is -0.374. The summed E-state index contributed by atoms with van der Waals surface area (Å²) in [4.78, 5) is 23.6. The van der Waals surface area contributed by atoms with Crippen LogP contribution in [0.5, 0.6) is 0 Å². The van der Waals surface area contributed by atoms with Crippen molar-refractivity contribution >= 4 is 29.3 Å². The van der Waals surface area contributed by atoms with Crippen LogP contribution in [0.3, 0.4) is 0 Å². The molecule has 0 atom stereocenters. The van der Waals surface area contributed by atoms with E-state index >= 15 is 0 Å². The van der Waals surface area contributed by atoms with Crippen molar-refractivity contribution in [1.29, 1.82) is 0 Å². The average Bonchev–Trinajstić information content (AvgIpc) is 2.42. The Morgan fingerprint density at radius 1 is 1.29 bits per heavy atom. The normalized spacial score (nSPS) is 10.6. The molecule has 4 N–H and O–H groups in total. The van der Waals surface area contributed by atoms with E-state index in [1.807, 2.05) is 24.3 Å². The Morgan fingerprint density at radius 2 is 2.00 bits per heavy atom. The molecule has 116 valence electrons. The van der Waals surface area contributed by atoms with Gasteiger partial charge in [-0.2, -0.15) is 0 Å². The van der Waals surface area contributed by atoms with Gasteiger partial charge in [0, 0.05) is 17.4 Å². The van der Waals surface area contributed by atoms with Crippen LogP contribution in [0.15, 0.2) is 29.2 Å². The summed E-state index contributed by atoms with van der Waals surface area (Å²) >= 11 is 1.33. The first-order chi connectivity index (χ1) is 9.99. The van der Waals surface area contributed by atoms with Crippen LogP contribution in [0.1, 0.15) is 26.7 Å². The van der Waals surface area contributed by atoms with Gasteiger partial charge in [-0.15, -0.1) is 11.8 Å². The third kappa shape index (κ3) is 7.72. The monoisotopic (exact) mass is 309 g/mol. The van der Waals surface area contributed by atoms with Crippen LogP contribution in [-0.4, -0.2) is 30.2 Å². The van der Waals surface area contributed by atoms with Crippen molar-refractivity contribution in [3.05, 3.63) is 24.3 Å². The molecule has 0 saturated heterocycles. The van der Waals surface area contributed by atoms with Crippen LogP contribution < -0.4 is 16.4 Å². The lowest BCUT2D eigenvalue weighted by Crippen LogP contribution is -2.24. The van der Waals surface area contributed by atoms with Gasteiger partial charge in [-0.05, 0) is 25.1 Å². The highest BCUT2D eigenvalue weighted by Gasteiger charge is 2.08. The van der Waals surface area contributed by atoms with Gasteiger partial charge >= 0.3 is 0 Å². The summed E-state index contributed by atoms with van der Waals surface area (Å²) in [5.41, 5.74) is 5.87. The summed E-state index contributed by atoms with van der Waals surface area (Å²) in [5.74, 6) is -0.195. The number of anilines is 1. The molecule has 0 radical (unpaired) electrons. The average molecular weight is 309 g/mol. The van der Waals surface area contributed by atoms with Gasteiger partial charge in [0.25, 0.3) is 0 Å². The van der Waals surface area contributed by atoms with Crippen LogP contribution in [0.4, 0.5) is 5.69 Å². The molecule has 0 spiro atoms. The topological polar surface area (TPSA) is 84.2 Å². The lowest BCUT2D eigenvalue weighted by Gasteiger charge is -2.11. The molecule has 5 nitrogen and oxygen atoms in total. The van der Waals surface area contributed by atoms with Crippen molar-refractivity contribution in [3.8, 4) is 0 Å². The molecule has 2 amide bonds. The van der Waals surface area contributed by atoms with Crippen LogP contribution in [0.2, 0.25) is 0 Å². The number of nitrogens with one attached hydrogen (secondary N) is 2. The number of primary amides is 1. The SMILES string of the molecule is CC(C)NCCCC(=O)Nc1ccccc1SCC(N)=O. The lowest BCUT2D eigenvalue weighted by atomic mass is 10.2. The van der Waals surface area contributed by atoms with Crippen molar-refractivity contribution in [3.63, 3.8) is 0 Å². The van der Waals surface area contributed by atoms with Crippen molar-refractivity contribution < 1.29 is 9.59 Å². The molecule has 0 saturated carbocycles. The van der Waals surface area contributed by atoms with Crippen LogP contribution in [0.25, 0.3) is 0 Å². The van der Waals surface area contributed by atoms with Gasteiger partial charge in [-0.3, -0.25) is 9.59 Å². The standard InChI is InChI=1S/C15H23N3O2S/c1-11(2)17-9-5-8-15(20)18-12-6-3-4-7-13(12)21-10-14(16)19/h3-4,6-7,11,17H,5,8-10H2,1-2H3,(H2,16,19)(H,18,20). The van der Waals surface area contributed by atoms with Gasteiger partial charge < -0.3 is 16.4 Å². The van der Waals surface area contributed by atoms with E-state index < -0.39 is 0 Å². The van der Waals surface area contributed by atoms with E-state index in [9.17, 15) is 9.59 Å². The summed E-state index contributed by atoms with van der Waals surface area (Å²) in [6, 6.07) is 7.84. The van der Waals surface area contributed by atoms with E-state index in [1.165, 1.54) is 11.8 Å². The van der Waals surface area contributed by atoms with Gasteiger partial charge in [0.05, 0.1) is 11.4 Å². The Bertz CT molecular complexity index is 478. The van der Waals surface area contributed by atoms with Gasteiger partial charge in [-0.25, -0.2) is 0 Å². The van der Waals surface area contributed by atoms with E-state index in [0.717, 1.165) is 23.5 Å². The molecule has 0 aromatic heterocycles. The fraction of sp³-hybridized carbons (Fsp3) is 0.467. The molecule has 21 heavy (non-hydrogen) atoms. The molecular weight excluding hydrogens is 286 g/mol. The fourth-order valence-electron chi connectivity index (χ4n) is 1.70. The maximum atomic E-state index is 11.9. The number of hydrogen-bond acceptors (Lipinski definition) is 4. The van der Waals surface area contributed by atoms with E-state index in [2.05, 4.69) is 24.5 Å². The lowest BCUT2D eigenvalue weighted by molar-refractivity contribution is -0.116. The zero-order valence-electron chi connectivity index (χ0n) is 12.5. The molecule has 0 aliphatic rings. The van der Waals surface area contributed by atoms with E-state index in [-0.39, 0.29) is 17.6 Å². The number of benzene rings is 1. The summed E-state index contributed by atoms with van der Waals surface area (Å²) in [6.07, 6.45) is 1.26. The van der Waals surface area contributed by atoms with Gasteiger partial charge in [0.2, 0.25) is 11.8 Å². The molecule has 0 aliphatic heterocycles. The summed E-state index contributed by atoms with van der Waals surface area (Å²) in [7, 11) is 0. The maximum Gasteiger partial charge on any atom is 0.227 e. The minimum Gasteiger partial charge on any atom is -0.369 e. The second kappa shape index (κ2) is 9.41. The zero-order valence-corrected chi connectivity index (χ0v) is 13.3. The van der Waals surface area contributed by atoms with Crippen LogP contribution in [0, 0.1) is 0 Å². The Hall–Kier alpha value is -1.53. The van der Waals surface area contributed by atoms with E-state index in [1.54, 1.807) is 0 Å². The van der Waals surface area contributed by atoms with Gasteiger partial charge in [0.1, 0.15) is 0 Å². The van der Waals surface area contributed by atoms with Crippen molar-refractivity contribution in [2.75, 3.05) is 17.6 Å². The fourth-order valence-corrected chi connectivity index (χ4v) is 2.44. The predicted octanol–water partition coefficient (Wildman–Crippen LogP) is 1.98. The minimum absolute atomic E-state index is 0.0207. The number of nitrogens with two attached hydrogens (primary N) is 1. The molecule has 1 rings (SSSR count). The molecular formula is C15H23N3O2S. The Kier molecular flexibility index (Phi) is 7.85.